The molecule has 1 N–H and O–H groups in total. The van der Waals surface area contributed by atoms with Gasteiger partial charge in [-0.1, -0.05) is 12.1 Å². The molecular weight excluding hydrogens is 326 g/mol. The van der Waals surface area contributed by atoms with Crippen molar-refractivity contribution in [2.24, 2.45) is 0 Å². The van der Waals surface area contributed by atoms with Crippen LogP contribution in [-0.4, -0.2) is 18.3 Å². The molecule has 0 bridgehead atoms. The van der Waals surface area contributed by atoms with Gasteiger partial charge in [0.1, 0.15) is 0 Å². The Hall–Kier alpha value is -3.01. The van der Waals surface area contributed by atoms with E-state index in [0.717, 1.165) is 17.7 Å². The van der Waals surface area contributed by atoms with Crippen molar-refractivity contribution in [2.45, 2.75) is 11.8 Å². The van der Waals surface area contributed by atoms with E-state index in [2.05, 4.69) is 4.72 Å². The van der Waals surface area contributed by atoms with Gasteiger partial charge in [-0.3, -0.25) is 25.0 Å². The minimum absolute atomic E-state index is 0.234. The van der Waals surface area contributed by atoms with Crippen molar-refractivity contribution < 1.29 is 18.3 Å². The highest BCUT2D eigenvalue weighted by Crippen LogP contribution is 2.29. The number of anilines is 1. The Balaban J connectivity index is 2.51. The Bertz CT molecular complexity index is 894. The van der Waals surface area contributed by atoms with Crippen molar-refractivity contribution in [2.75, 3.05) is 4.72 Å². The van der Waals surface area contributed by atoms with Crippen LogP contribution in [0.4, 0.5) is 17.1 Å². The van der Waals surface area contributed by atoms with E-state index >= 15 is 0 Å². The molecule has 23 heavy (non-hydrogen) atoms. The van der Waals surface area contributed by atoms with Gasteiger partial charge in [0.25, 0.3) is 21.4 Å². The maximum atomic E-state index is 12.3. The Morgan fingerprint density at radius 2 is 1.70 bits per heavy atom. The topological polar surface area (TPSA) is 132 Å². The summed E-state index contributed by atoms with van der Waals surface area (Å²) in [6.07, 6.45) is 0. The number of hydrogen-bond acceptors (Lipinski definition) is 6. The van der Waals surface area contributed by atoms with Crippen LogP contribution in [0.2, 0.25) is 0 Å². The zero-order valence-electron chi connectivity index (χ0n) is 11.8. The summed E-state index contributed by atoms with van der Waals surface area (Å²) < 4.78 is 26.9. The lowest BCUT2D eigenvalue weighted by Crippen LogP contribution is -2.15. The Labute approximate surface area is 130 Å². The molecule has 120 valence electrons. The van der Waals surface area contributed by atoms with Crippen molar-refractivity contribution in [3.05, 3.63) is 68.3 Å². The molecule has 0 unspecified atom stereocenters. The van der Waals surface area contributed by atoms with Gasteiger partial charge in [-0.2, -0.15) is 0 Å². The average Bonchev–Trinajstić information content (AvgIpc) is 2.46. The van der Waals surface area contributed by atoms with Crippen LogP contribution in [0.5, 0.6) is 0 Å². The first-order valence-corrected chi connectivity index (χ1v) is 7.71. The summed E-state index contributed by atoms with van der Waals surface area (Å²) in [6, 6.07) is 8.77. The van der Waals surface area contributed by atoms with E-state index in [4.69, 9.17) is 0 Å². The van der Waals surface area contributed by atoms with Crippen molar-refractivity contribution in [3.63, 3.8) is 0 Å². The molecule has 0 spiro atoms. The van der Waals surface area contributed by atoms with Crippen LogP contribution in [0.15, 0.2) is 47.4 Å². The minimum Gasteiger partial charge on any atom is -0.279 e. The van der Waals surface area contributed by atoms with Gasteiger partial charge in [0.05, 0.1) is 15.9 Å². The van der Waals surface area contributed by atoms with Crippen molar-refractivity contribution >= 4 is 27.1 Å². The molecule has 0 aliphatic carbocycles. The third-order valence-corrected chi connectivity index (χ3v) is 4.34. The van der Waals surface area contributed by atoms with E-state index in [0.29, 0.717) is 6.07 Å². The smallest absolute Gasteiger partial charge is 0.279 e. The molecule has 0 saturated carbocycles. The number of nitrogens with zero attached hydrogens (tertiary/aromatic N) is 2. The van der Waals surface area contributed by atoms with Crippen LogP contribution in [0.3, 0.4) is 0 Å². The molecule has 0 saturated heterocycles. The largest absolute Gasteiger partial charge is 0.296 e. The normalized spacial score (nSPS) is 11.0. The highest BCUT2D eigenvalue weighted by atomic mass is 32.2. The first-order valence-electron chi connectivity index (χ1n) is 6.23. The van der Waals surface area contributed by atoms with Gasteiger partial charge in [0.2, 0.25) is 0 Å². The fourth-order valence-corrected chi connectivity index (χ4v) is 3.11. The van der Waals surface area contributed by atoms with Gasteiger partial charge < -0.3 is 0 Å². The first kappa shape index (κ1) is 16.4. The van der Waals surface area contributed by atoms with Gasteiger partial charge >= 0.3 is 0 Å². The van der Waals surface area contributed by atoms with Crippen LogP contribution in [0.25, 0.3) is 0 Å². The number of nitro benzene ring substituents is 2. The van der Waals surface area contributed by atoms with E-state index in [1.54, 1.807) is 25.1 Å². The van der Waals surface area contributed by atoms with Gasteiger partial charge in [-0.25, -0.2) is 8.42 Å². The Morgan fingerprint density at radius 1 is 1.00 bits per heavy atom. The van der Waals surface area contributed by atoms with E-state index in [-0.39, 0.29) is 5.69 Å². The highest BCUT2D eigenvalue weighted by molar-refractivity contribution is 7.92. The lowest BCUT2D eigenvalue weighted by molar-refractivity contribution is -0.396. The molecule has 0 aromatic heterocycles. The molecule has 2 aromatic rings. The number of nitrogens with one attached hydrogen (secondary N) is 1. The van der Waals surface area contributed by atoms with E-state index in [1.807, 2.05) is 0 Å². The lowest BCUT2D eigenvalue weighted by Gasteiger charge is -2.09. The Morgan fingerprint density at radius 3 is 2.26 bits per heavy atom. The quantitative estimate of drug-likeness (QED) is 0.658. The predicted molar refractivity (Wildman–Crippen MR) is 81.7 cm³/mol. The second-order valence-electron chi connectivity index (χ2n) is 4.64. The molecular formula is C13H11N3O6S. The number of nitro groups is 2. The number of aryl methyl sites for hydroxylation is 1. The summed E-state index contributed by atoms with van der Waals surface area (Å²) >= 11 is 0. The molecule has 0 heterocycles. The van der Waals surface area contributed by atoms with Crippen LogP contribution in [0, 0.1) is 27.2 Å². The summed E-state index contributed by atoms with van der Waals surface area (Å²) in [7, 11) is -4.26. The Kier molecular flexibility index (Phi) is 4.27. The van der Waals surface area contributed by atoms with E-state index in [9.17, 15) is 28.6 Å². The van der Waals surface area contributed by atoms with Crippen molar-refractivity contribution in [1.29, 1.82) is 0 Å². The molecule has 0 amide bonds. The molecule has 0 aliphatic rings. The predicted octanol–water partition coefficient (Wildman–Crippen LogP) is 2.61. The summed E-state index contributed by atoms with van der Waals surface area (Å²) in [4.78, 5) is 19.3. The van der Waals surface area contributed by atoms with Gasteiger partial charge in [0.15, 0.2) is 4.90 Å². The van der Waals surface area contributed by atoms with Crippen LogP contribution in [0.1, 0.15) is 5.56 Å². The number of hydrogen-bond donors (Lipinski definition) is 1. The minimum atomic E-state index is -4.26. The fraction of sp³-hybridized carbons (Fsp3) is 0.0769. The summed E-state index contributed by atoms with van der Waals surface area (Å²) in [5.74, 6) is 0. The third-order valence-electron chi connectivity index (χ3n) is 2.91. The zero-order chi connectivity index (χ0) is 17.2. The first-order chi connectivity index (χ1) is 10.7. The molecule has 9 nitrogen and oxygen atoms in total. The molecule has 0 atom stereocenters. The second-order valence-corrected chi connectivity index (χ2v) is 6.29. The maximum absolute atomic E-state index is 12.3. The van der Waals surface area contributed by atoms with E-state index in [1.165, 1.54) is 6.07 Å². The fourth-order valence-electron chi connectivity index (χ4n) is 1.91. The van der Waals surface area contributed by atoms with Gasteiger partial charge in [-0.05, 0) is 30.7 Å². The van der Waals surface area contributed by atoms with Crippen molar-refractivity contribution in [3.8, 4) is 0 Å². The number of rotatable bonds is 5. The number of sulfonamides is 1. The zero-order valence-corrected chi connectivity index (χ0v) is 12.6. The van der Waals surface area contributed by atoms with Crippen LogP contribution in [-0.2, 0) is 10.0 Å². The SMILES string of the molecule is Cc1cccc(NS(=O)(=O)c2ccc([N+](=O)[O-])cc2[N+](=O)[O-])c1. The molecule has 2 aromatic carbocycles. The molecule has 0 fully saturated rings. The second kappa shape index (κ2) is 6.01. The highest BCUT2D eigenvalue weighted by Gasteiger charge is 2.28. The average molecular weight is 337 g/mol. The number of non-ortho nitro benzene ring substituents is 1. The lowest BCUT2D eigenvalue weighted by atomic mass is 10.2. The molecule has 0 radical (unpaired) electrons. The molecule has 10 heteroatoms. The summed E-state index contributed by atoms with van der Waals surface area (Å²) in [5.41, 5.74) is -0.397. The van der Waals surface area contributed by atoms with E-state index < -0.39 is 36.1 Å². The van der Waals surface area contributed by atoms with Gasteiger partial charge in [-0.15, -0.1) is 0 Å². The third kappa shape index (κ3) is 3.61. The molecule has 2 rings (SSSR count). The number of benzene rings is 2. The maximum Gasteiger partial charge on any atom is 0.296 e. The van der Waals surface area contributed by atoms with Gasteiger partial charge in [0, 0.05) is 11.8 Å². The monoisotopic (exact) mass is 337 g/mol. The van der Waals surface area contributed by atoms with Crippen molar-refractivity contribution in [1.82, 2.24) is 0 Å². The standard InChI is InChI=1S/C13H11N3O6S/c1-9-3-2-4-10(7-9)14-23(21,22)13-6-5-11(15(17)18)8-12(13)16(19)20/h2-8,14H,1H3. The summed E-state index contributed by atoms with van der Waals surface area (Å²) in [6.45, 7) is 1.76. The summed E-state index contributed by atoms with van der Waals surface area (Å²) in [5, 5.41) is 21.7. The van der Waals surface area contributed by atoms with Crippen LogP contribution < -0.4 is 4.72 Å². The molecule has 0 aliphatic heterocycles. The van der Waals surface area contributed by atoms with Crippen LogP contribution >= 0.6 is 0 Å².